The average molecular weight is 570 g/mol. The maximum atomic E-state index is 13.8. The standard InChI is InChI=1S/C28H39N7O6/c1-27(2,3)40-25(36)34-9-7-32(8-10-34)22-15-20-21(16-29-22)39-17-19-23(33-11-13-38-14-12-33)30-18-31-24(19)35(20)26(37)41-28(4,5)6/h15-16,18H,7-14,17H2,1-6H3. The normalized spacial score (nSPS) is 17.7. The van der Waals surface area contributed by atoms with Crippen LogP contribution in [0.1, 0.15) is 47.1 Å². The summed E-state index contributed by atoms with van der Waals surface area (Å²) in [6.45, 7) is 15.8. The number of fused-ring (bicyclic) bond motifs is 2. The number of aromatic nitrogens is 3. The lowest BCUT2D eigenvalue weighted by molar-refractivity contribution is 0.0240. The molecule has 0 saturated carbocycles. The fourth-order valence-corrected chi connectivity index (χ4v) is 4.85. The van der Waals surface area contributed by atoms with Crippen LogP contribution in [0.3, 0.4) is 0 Å². The topological polar surface area (TPSA) is 123 Å². The summed E-state index contributed by atoms with van der Waals surface area (Å²) in [5.74, 6) is 2.18. The second kappa shape index (κ2) is 11.2. The number of hydrogen-bond donors (Lipinski definition) is 0. The van der Waals surface area contributed by atoms with Gasteiger partial charge in [-0.25, -0.2) is 29.4 Å². The molecule has 0 bridgehead atoms. The molecule has 41 heavy (non-hydrogen) atoms. The molecule has 0 spiro atoms. The number of hydrogen-bond acceptors (Lipinski definition) is 11. The second-order valence-corrected chi connectivity index (χ2v) is 12.2. The average Bonchev–Trinajstić information content (AvgIpc) is 3.08. The van der Waals surface area contributed by atoms with Gasteiger partial charge in [0.1, 0.15) is 41.5 Å². The van der Waals surface area contributed by atoms with E-state index in [1.807, 2.05) is 47.6 Å². The molecule has 2 fully saturated rings. The summed E-state index contributed by atoms with van der Waals surface area (Å²) in [7, 11) is 0. The fourth-order valence-electron chi connectivity index (χ4n) is 4.85. The minimum atomic E-state index is -0.738. The van der Waals surface area contributed by atoms with Crippen molar-refractivity contribution >= 4 is 35.3 Å². The Morgan fingerprint density at radius 1 is 0.805 bits per heavy atom. The van der Waals surface area contributed by atoms with Crippen molar-refractivity contribution in [2.24, 2.45) is 0 Å². The van der Waals surface area contributed by atoms with Crippen LogP contribution in [0.15, 0.2) is 18.6 Å². The quantitative estimate of drug-likeness (QED) is 0.526. The number of rotatable bonds is 2. The van der Waals surface area contributed by atoms with Gasteiger partial charge in [-0.2, -0.15) is 0 Å². The lowest BCUT2D eigenvalue weighted by Gasteiger charge is -2.36. The molecular weight excluding hydrogens is 530 g/mol. The molecule has 3 aliphatic heterocycles. The third kappa shape index (κ3) is 6.55. The molecule has 13 nitrogen and oxygen atoms in total. The molecule has 0 unspecified atom stereocenters. The van der Waals surface area contributed by atoms with Crippen molar-refractivity contribution in [3.05, 3.63) is 24.2 Å². The van der Waals surface area contributed by atoms with E-state index in [-0.39, 0.29) is 12.7 Å². The Hall–Kier alpha value is -3.87. The van der Waals surface area contributed by atoms with Crippen molar-refractivity contribution in [3.63, 3.8) is 0 Å². The van der Waals surface area contributed by atoms with Crippen molar-refractivity contribution < 1.29 is 28.5 Å². The highest BCUT2D eigenvalue weighted by Gasteiger charge is 2.36. The molecule has 2 aromatic heterocycles. The largest absolute Gasteiger partial charge is 0.485 e. The molecule has 5 heterocycles. The zero-order chi connectivity index (χ0) is 29.4. The summed E-state index contributed by atoms with van der Waals surface area (Å²) in [6, 6.07) is 1.81. The first-order valence-electron chi connectivity index (χ1n) is 13.9. The molecular formula is C28H39N7O6. The fraction of sp³-hybridized carbons (Fsp3) is 0.607. The van der Waals surface area contributed by atoms with Gasteiger partial charge in [-0.1, -0.05) is 0 Å². The first kappa shape index (κ1) is 28.7. The van der Waals surface area contributed by atoms with Crippen LogP contribution < -0.4 is 19.4 Å². The van der Waals surface area contributed by atoms with Gasteiger partial charge < -0.3 is 33.6 Å². The lowest BCUT2D eigenvalue weighted by Crippen LogP contribution is -2.50. The molecule has 0 N–H and O–H groups in total. The van der Waals surface area contributed by atoms with Gasteiger partial charge in [0.25, 0.3) is 0 Å². The van der Waals surface area contributed by atoms with Crippen LogP contribution >= 0.6 is 0 Å². The van der Waals surface area contributed by atoms with Crippen LogP contribution in [0.2, 0.25) is 0 Å². The Balaban J connectivity index is 1.47. The zero-order valence-electron chi connectivity index (χ0n) is 24.7. The van der Waals surface area contributed by atoms with Crippen LogP contribution in [-0.4, -0.2) is 95.7 Å². The van der Waals surface area contributed by atoms with Crippen molar-refractivity contribution in [1.82, 2.24) is 19.9 Å². The third-order valence-corrected chi connectivity index (χ3v) is 6.70. The van der Waals surface area contributed by atoms with Crippen LogP contribution in [0, 0.1) is 0 Å². The maximum absolute atomic E-state index is 13.8. The van der Waals surface area contributed by atoms with Gasteiger partial charge in [-0.15, -0.1) is 0 Å². The van der Waals surface area contributed by atoms with E-state index in [9.17, 15) is 9.59 Å². The molecule has 222 valence electrons. The van der Waals surface area contributed by atoms with E-state index in [2.05, 4.69) is 24.8 Å². The van der Waals surface area contributed by atoms with Gasteiger partial charge >= 0.3 is 12.2 Å². The van der Waals surface area contributed by atoms with E-state index in [0.717, 1.165) is 0 Å². The minimum Gasteiger partial charge on any atom is -0.485 e. The smallest absolute Gasteiger partial charge is 0.420 e. The number of piperazine rings is 1. The van der Waals surface area contributed by atoms with Crippen molar-refractivity contribution in [3.8, 4) is 5.75 Å². The summed E-state index contributed by atoms with van der Waals surface area (Å²) < 4.78 is 23.1. The molecule has 5 rings (SSSR count). The SMILES string of the molecule is CC(C)(C)OC(=O)N1CCN(c2cc3c(cn2)OCc2c(N4CCOCC4)ncnc2N3C(=O)OC(C)(C)C)CC1. The molecule has 0 radical (unpaired) electrons. The van der Waals surface area contributed by atoms with Gasteiger partial charge in [0.05, 0.1) is 25.0 Å². The summed E-state index contributed by atoms with van der Waals surface area (Å²) in [5, 5.41) is 0. The molecule has 0 aliphatic carbocycles. The number of pyridine rings is 1. The first-order chi connectivity index (χ1) is 19.4. The van der Waals surface area contributed by atoms with Gasteiger partial charge in [0.15, 0.2) is 11.6 Å². The molecule has 13 heteroatoms. The zero-order valence-corrected chi connectivity index (χ0v) is 24.7. The van der Waals surface area contributed by atoms with Crippen LogP contribution in [0.5, 0.6) is 5.75 Å². The van der Waals surface area contributed by atoms with Crippen LogP contribution in [0.25, 0.3) is 0 Å². The van der Waals surface area contributed by atoms with E-state index in [4.69, 9.17) is 18.9 Å². The second-order valence-electron chi connectivity index (χ2n) is 12.2. The number of amides is 2. The van der Waals surface area contributed by atoms with Crippen molar-refractivity contribution in [2.45, 2.75) is 59.4 Å². The highest BCUT2D eigenvalue weighted by molar-refractivity contribution is 5.99. The molecule has 2 amide bonds. The van der Waals surface area contributed by atoms with E-state index >= 15 is 0 Å². The van der Waals surface area contributed by atoms with Crippen molar-refractivity contribution in [1.29, 1.82) is 0 Å². The highest BCUT2D eigenvalue weighted by Crippen LogP contribution is 2.42. The van der Waals surface area contributed by atoms with Crippen LogP contribution in [-0.2, 0) is 20.8 Å². The maximum Gasteiger partial charge on any atom is 0.420 e. The number of ether oxygens (including phenoxy) is 4. The summed E-state index contributed by atoms with van der Waals surface area (Å²) in [5.41, 5.74) is -0.133. The summed E-state index contributed by atoms with van der Waals surface area (Å²) >= 11 is 0. The number of carbonyl (C=O) groups excluding carboxylic acids is 2. The van der Waals surface area contributed by atoms with Gasteiger partial charge in [-0.05, 0) is 41.5 Å². The molecule has 2 aromatic rings. The Morgan fingerprint density at radius 3 is 2.10 bits per heavy atom. The molecule has 0 atom stereocenters. The third-order valence-electron chi connectivity index (χ3n) is 6.70. The molecule has 2 saturated heterocycles. The van der Waals surface area contributed by atoms with Gasteiger partial charge in [-0.3, -0.25) is 0 Å². The highest BCUT2D eigenvalue weighted by atomic mass is 16.6. The minimum absolute atomic E-state index is 0.157. The van der Waals surface area contributed by atoms with E-state index in [1.165, 1.54) is 11.2 Å². The Kier molecular flexibility index (Phi) is 7.82. The number of nitrogens with zero attached hydrogens (tertiary/aromatic N) is 7. The Morgan fingerprint density at radius 2 is 1.44 bits per heavy atom. The predicted molar refractivity (Wildman–Crippen MR) is 152 cm³/mol. The van der Waals surface area contributed by atoms with Crippen molar-refractivity contribution in [2.75, 3.05) is 67.2 Å². The van der Waals surface area contributed by atoms with E-state index < -0.39 is 17.3 Å². The summed E-state index contributed by atoms with van der Waals surface area (Å²) in [6.07, 6.45) is 2.17. The number of carbonyl (C=O) groups is 2. The molecule has 3 aliphatic rings. The Labute approximate surface area is 240 Å². The van der Waals surface area contributed by atoms with Gasteiger partial charge in [0.2, 0.25) is 0 Å². The van der Waals surface area contributed by atoms with Crippen LogP contribution in [0.4, 0.5) is 32.7 Å². The predicted octanol–water partition coefficient (Wildman–Crippen LogP) is 3.73. The van der Waals surface area contributed by atoms with Gasteiger partial charge in [0, 0.05) is 45.3 Å². The van der Waals surface area contributed by atoms with E-state index in [0.29, 0.717) is 86.9 Å². The molecule has 0 aromatic carbocycles. The number of morpholine rings is 1. The van der Waals surface area contributed by atoms with E-state index in [1.54, 1.807) is 11.1 Å². The number of anilines is 4. The summed E-state index contributed by atoms with van der Waals surface area (Å²) in [4.78, 5) is 47.4. The monoisotopic (exact) mass is 569 g/mol. The lowest BCUT2D eigenvalue weighted by atomic mass is 10.2. The first-order valence-corrected chi connectivity index (χ1v) is 13.9. The Bertz CT molecular complexity index is 1280.